The second-order valence-corrected chi connectivity index (χ2v) is 6.54. The van der Waals surface area contributed by atoms with Crippen LogP contribution < -0.4 is 5.32 Å². The van der Waals surface area contributed by atoms with Crippen molar-refractivity contribution in [3.63, 3.8) is 0 Å². The molecule has 4 unspecified atom stereocenters. The van der Waals surface area contributed by atoms with Gasteiger partial charge in [0.2, 0.25) is 5.89 Å². The van der Waals surface area contributed by atoms with Gasteiger partial charge in [-0.05, 0) is 45.1 Å². The number of ether oxygens (including phenoxy) is 1. The highest BCUT2D eigenvalue weighted by Gasteiger charge is 2.45. The Bertz CT molecular complexity index is 481. The number of nitrogens with zero attached hydrogens (tertiary/aromatic N) is 2. The molecule has 4 atom stereocenters. The van der Waals surface area contributed by atoms with Crippen molar-refractivity contribution in [2.75, 3.05) is 6.54 Å². The summed E-state index contributed by atoms with van der Waals surface area (Å²) in [5.74, 6) is 2.03. The standard InChI is InChI=1S/C15H23N3O2/c1-2-6-15(7-3-8-16-15)14-17-13(18-20-14)11-9-10-4-5-12(11)19-10/h10-12,16H,2-9H2,1H3. The van der Waals surface area contributed by atoms with Crippen molar-refractivity contribution in [1.29, 1.82) is 0 Å². The van der Waals surface area contributed by atoms with Crippen molar-refractivity contribution in [3.8, 4) is 0 Å². The molecular weight excluding hydrogens is 254 g/mol. The van der Waals surface area contributed by atoms with Gasteiger partial charge in [-0.2, -0.15) is 4.98 Å². The molecule has 1 N–H and O–H groups in total. The molecular formula is C15H23N3O2. The van der Waals surface area contributed by atoms with E-state index in [2.05, 4.69) is 17.4 Å². The van der Waals surface area contributed by atoms with Gasteiger partial charge in [0.1, 0.15) is 0 Å². The Morgan fingerprint density at radius 2 is 2.35 bits per heavy atom. The second-order valence-electron chi connectivity index (χ2n) is 6.54. The van der Waals surface area contributed by atoms with E-state index in [1.54, 1.807) is 0 Å². The van der Waals surface area contributed by atoms with Gasteiger partial charge in [-0.3, -0.25) is 0 Å². The van der Waals surface area contributed by atoms with Crippen molar-refractivity contribution in [2.45, 2.75) is 75.5 Å². The highest BCUT2D eigenvalue weighted by molar-refractivity contribution is 5.11. The van der Waals surface area contributed by atoms with E-state index in [0.29, 0.717) is 18.1 Å². The summed E-state index contributed by atoms with van der Waals surface area (Å²) < 4.78 is 11.6. The molecule has 3 fully saturated rings. The van der Waals surface area contributed by atoms with Gasteiger partial charge in [0.15, 0.2) is 5.82 Å². The fourth-order valence-electron chi connectivity index (χ4n) is 4.23. The highest BCUT2D eigenvalue weighted by Crippen LogP contribution is 2.44. The van der Waals surface area contributed by atoms with Crippen LogP contribution in [0.25, 0.3) is 0 Å². The van der Waals surface area contributed by atoms with Crippen molar-refractivity contribution in [2.24, 2.45) is 0 Å². The van der Waals surface area contributed by atoms with E-state index in [9.17, 15) is 0 Å². The maximum absolute atomic E-state index is 5.91. The van der Waals surface area contributed by atoms with Crippen molar-refractivity contribution >= 4 is 0 Å². The van der Waals surface area contributed by atoms with Gasteiger partial charge in [0.05, 0.1) is 23.7 Å². The lowest BCUT2D eigenvalue weighted by Gasteiger charge is -2.24. The Kier molecular flexibility index (Phi) is 3.07. The van der Waals surface area contributed by atoms with Crippen molar-refractivity contribution in [1.82, 2.24) is 15.5 Å². The van der Waals surface area contributed by atoms with Gasteiger partial charge in [-0.25, -0.2) is 0 Å². The number of fused-ring (bicyclic) bond motifs is 2. The fourth-order valence-corrected chi connectivity index (χ4v) is 4.23. The third-order valence-corrected chi connectivity index (χ3v) is 5.21. The van der Waals surface area contributed by atoms with Gasteiger partial charge >= 0.3 is 0 Å². The average Bonchev–Trinajstić information content (AvgIpc) is 3.22. The van der Waals surface area contributed by atoms with Gasteiger partial charge < -0.3 is 14.6 Å². The van der Waals surface area contributed by atoms with E-state index in [-0.39, 0.29) is 5.54 Å². The topological polar surface area (TPSA) is 60.2 Å². The largest absolute Gasteiger partial charge is 0.374 e. The van der Waals surface area contributed by atoms with Crippen LogP contribution in [0.15, 0.2) is 4.52 Å². The molecule has 5 heteroatoms. The van der Waals surface area contributed by atoms with Crippen molar-refractivity contribution < 1.29 is 9.26 Å². The summed E-state index contributed by atoms with van der Waals surface area (Å²) >= 11 is 0. The molecule has 3 aliphatic rings. The van der Waals surface area contributed by atoms with E-state index in [0.717, 1.165) is 50.4 Å². The summed E-state index contributed by atoms with van der Waals surface area (Å²) in [7, 11) is 0. The summed E-state index contributed by atoms with van der Waals surface area (Å²) in [6.45, 7) is 3.26. The van der Waals surface area contributed by atoms with Crippen LogP contribution >= 0.6 is 0 Å². The Labute approximate surface area is 119 Å². The van der Waals surface area contributed by atoms with Gasteiger partial charge in [0.25, 0.3) is 0 Å². The average molecular weight is 277 g/mol. The molecule has 1 aromatic rings. The van der Waals surface area contributed by atoms with Gasteiger partial charge in [0, 0.05) is 0 Å². The number of hydrogen-bond donors (Lipinski definition) is 1. The van der Waals surface area contributed by atoms with Crippen LogP contribution in [0.3, 0.4) is 0 Å². The molecule has 0 radical (unpaired) electrons. The summed E-state index contributed by atoms with van der Waals surface area (Å²) in [5.41, 5.74) is -0.0710. The molecule has 110 valence electrons. The third kappa shape index (κ3) is 1.91. The SMILES string of the molecule is CCCC1(c2nc(C3CC4CCC3O4)no2)CCCN1. The monoisotopic (exact) mass is 277 g/mol. The number of hydrogen-bond acceptors (Lipinski definition) is 5. The summed E-state index contributed by atoms with van der Waals surface area (Å²) in [4.78, 5) is 4.76. The first-order chi connectivity index (χ1) is 9.81. The molecule has 4 heterocycles. The Balaban J connectivity index is 1.58. The third-order valence-electron chi connectivity index (χ3n) is 5.21. The first kappa shape index (κ1) is 12.8. The molecule has 1 aromatic heterocycles. The van der Waals surface area contributed by atoms with Crippen LogP contribution in [0.5, 0.6) is 0 Å². The molecule has 0 saturated carbocycles. The Hall–Kier alpha value is -0.940. The maximum atomic E-state index is 5.91. The molecule has 0 amide bonds. The van der Waals surface area contributed by atoms with Gasteiger partial charge in [-0.1, -0.05) is 18.5 Å². The second kappa shape index (κ2) is 4.81. The quantitative estimate of drug-likeness (QED) is 0.916. The van der Waals surface area contributed by atoms with Crippen LogP contribution in [0.1, 0.15) is 69.5 Å². The lowest BCUT2D eigenvalue weighted by atomic mass is 9.88. The summed E-state index contributed by atoms with van der Waals surface area (Å²) in [5, 5.41) is 7.88. The normalized spacial score (nSPS) is 39.8. The smallest absolute Gasteiger partial charge is 0.246 e. The summed E-state index contributed by atoms with van der Waals surface area (Å²) in [6, 6.07) is 0. The van der Waals surface area contributed by atoms with E-state index >= 15 is 0 Å². The van der Waals surface area contributed by atoms with Crippen LogP contribution in [0.4, 0.5) is 0 Å². The van der Waals surface area contributed by atoms with Crippen LogP contribution in [-0.2, 0) is 10.3 Å². The minimum absolute atomic E-state index is 0.0710. The zero-order chi connectivity index (χ0) is 13.6. The van der Waals surface area contributed by atoms with Crippen LogP contribution in [-0.4, -0.2) is 28.9 Å². The molecule has 5 nitrogen and oxygen atoms in total. The lowest BCUT2D eigenvalue weighted by Crippen LogP contribution is -2.37. The first-order valence-electron chi connectivity index (χ1n) is 8.05. The van der Waals surface area contributed by atoms with E-state index in [4.69, 9.17) is 14.2 Å². The minimum Gasteiger partial charge on any atom is -0.374 e. The predicted molar refractivity (Wildman–Crippen MR) is 73.4 cm³/mol. The summed E-state index contributed by atoms with van der Waals surface area (Å²) in [6.07, 6.45) is 8.67. The molecule has 0 spiro atoms. The number of rotatable bonds is 4. The molecule has 20 heavy (non-hydrogen) atoms. The fraction of sp³-hybridized carbons (Fsp3) is 0.867. The molecule has 0 aliphatic carbocycles. The molecule has 2 bridgehead atoms. The molecule has 0 aromatic carbocycles. The first-order valence-corrected chi connectivity index (χ1v) is 8.05. The number of aromatic nitrogens is 2. The van der Waals surface area contributed by atoms with Crippen molar-refractivity contribution in [3.05, 3.63) is 11.7 Å². The van der Waals surface area contributed by atoms with E-state index in [1.807, 2.05) is 0 Å². The highest BCUT2D eigenvalue weighted by atomic mass is 16.5. The van der Waals surface area contributed by atoms with E-state index in [1.165, 1.54) is 12.8 Å². The molecule has 3 saturated heterocycles. The van der Waals surface area contributed by atoms with Gasteiger partial charge in [-0.15, -0.1) is 0 Å². The molecule has 3 aliphatic heterocycles. The van der Waals surface area contributed by atoms with E-state index < -0.39 is 0 Å². The zero-order valence-electron chi connectivity index (χ0n) is 12.1. The van der Waals surface area contributed by atoms with Crippen LogP contribution in [0.2, 0.25) is 0 Å². The molecule has 4 rings (SSSR count). The van der Waals surface area contributed by atoms with Crippen LogP contribution in [0, 0.1) is 0 Å². The Morgan fingerprint density at radius 1 is 1.40 bits per heavy atom. The predicted octanol–water partition coefficient (Wildman–Crippen LogP) is 2.48. The minimum atomic E-state index is -0.0710. The Morgan fingerprint density at radius 3 is 3.00 bits per heavy atom. The lowest BCUT2D eigenvalue weighted by molar-refractivity contribution is 0.0996. The zero-order valence-corrected chi connectivity index (χ0v) is 12.1. The maximum Gasteiger partial charge on any atom is 0.246 e. The number of nitrogens with one attached hydrogen (secondary N) is 1.